The summed E-state index contributed by atoms with van der Waals surface area (Å²) in [6.45, 7) is 8.34. The van der Waals surface area contributed by atoms with Gasteiger partial charge in [-0.05, 0) is 49.2 Å². The van der Waals surface area contributed by atoms with Crippen LogP contribution in [-0.4, -0.2) is 30.8 Å². The Kier molecular flexibility index (Phi) is 7.70. The minimum atomic E-state index is -0.243. The first-order valence-corrected chi connectivity index (χ1v) is 10.5. The summed E-state index contributed by atoms with van der Waals surface area (Å²) in [5.41, 5.74) is 6.72. The monoisotopic (exact) mass is 426 g/mol. The molecule has 7 heteroatoms. The molecule has 4 aromatic rings. The molecule has 0 aliphatic heterocycles. The molecule has 0 saturated carbocycles. The molecule has 1 amide bonds. The maximum Gasteiger partial charge on any atom is 0.270 e. The molecule has 0 fully saturated rings. The van der Waals surface area contributed by atoms with Crippen molar-refractivity contribution >= 4 is 5.91 Å². The topological polar surface area (TPSA) is 93.6 Å². The van der Waals surface area contributed by atoms with Gasteiger partial charge >= 0.3 is 0 Å². The maximum absolute atomic E-state index is 12.4. The number of nitrogens with one attached hydrogen (secondary N) is 1. The van der Waals surface area contributed by atoms with E-state index in [4.69, 9.17) is 0 Å². The highest BCUT2D eigenvalue weighted by Gasteiger charge is 2.10. The van der Waals surface area contributed by atoms with Crippen LogP contribution in [0.1, 0.15) is 41.2 Å². The van der Waals surface area contributed by atoms with Crippen molar-refractivity contribution in [1.82, 2.24) is 30.2 Å². The molecule has 4 aromatic heterocycles. The van der Waals surface area contributed by atoms with E-state index >= 15 is 0 Å². The van der Waals surface area contributed by atoms with Crippen molar-refractivity contribution < 1.29 is 4.79 Å². The lowest BCUT2D eigenvalue weighted by Gasteiger charge is -2.09. The number of hydrogen-bond donors (Lipinski definition) is 1. The van der Waals surface area contributed by atoms with Crippen molar-refractivity contribution in [3.8, 4) is 22.5 Å². The summed E-state index contributed by atoms with van der Waals surface area (Å²) in [6.07, 6.45) is 10.1. The van der Waals surface area contributed by atoms with E-state index in [1.807, 2.05) is 52.0 Å². The van der Waals surface area contributed by atoms with Crippen LogP contribution < -0.4 is 5.32 Å². The van der Waals surface area contributed by atoms with Gasteiger partial charge in [-0.25, -0.2) is 0 Å². The summed E-state index contributed by atoms with van der Waals surface area (Å²) in [6, 6.07) is 9.47. The Balaban J connectivity index is 0.00000141. The Morgan fingerprint density at radius 1 is 0.844 bits per heavy atom. The van der Waals surface area contributed by atoms with Gasteiger partial charge in [0.15, 0.2) is 0 Å². The van der Waals surface area contributed by atoms with E-state index in [0.717, 1.165) is 33.6 Å². The smallest absolute Gasteiger partial charge is 0.270 e. The number of nitrogens with zero attached hydrogens (tertiary/aromatic N) is 5. The first-order chi connectivity index (χ1) is 15.6. The van der Waals surface area contributed by atoms with Gasteiger partial charge in [-0.2, -0.15) is 0 Å². The fourth-order valence-corrected chi connectivity index (χ4v) is 3.13. The van der Waals surface area contributed by atoms with Crippen molar-refractivity contribution in [3.63, 3.8) is 0 Å². The van der Waals surface area contributed by atoms with E-state index in [2.05, 4.69) is 30.2 Å². The lowest BCUT2D eigenvalue weighted by molar-refractivity contribution is 0.0946. The van der Waals surface area contributed by atoms with E-state index in [-0.39, 0.29) is 5.91 Å². The highest BCUT2D eigenvalue weighted by molar-refractivity contribution is 5.92. The second-order valence-corrected chi connectivity index (χ2v) is 6.90. The number of aryl methyl sites for hydroxylation is 2. The molecule has 0 spiro atoms. The lowest BCUT2D eigenvalue weighted by Crippen LogP contribution is -2.23. The number of rotatable bonds is 5. The van der Waals surface area contributed by atoms with Crippen LogP contribution in [0.5, 0.6) is 0 Å². The molecule has 0 aliphatic rings. The Morgan fingerprint density at radius 2 is 1.69 bits per heavy atom. The fraction of sp³-hybridized carbons (Fsp3) is 0.200. The molecule has 0 atom stereocenters. The van der Waals surface area contributed by atoms with Gasteiger partial charge in [0.05, 0.1) is 17.6 Å². The van der Waals surface area contributed by atoms with Crippen LogP contribution >= 0.6 is 0 Å². The zero-order valence-corrected chi connectivity index (χ0v) is 18.7. The molecular weight excluding hydrogens is 400 g/mol. The highest BCUT2D eigenvalue weighted by atomic mass is 16.1. The molecule has 7 nitrogen and oxygen atoms in total. The van der Waals surface area contributed by atoms with Crippen LogP contribution in [0.3, 0.4) is 0 Å². The van der Waals surface area contributed by atoms with E-state index in [9.17, 15) is 4.79 Å². The zero-order valence-electron chi connectivity index (χ0n) is 18.7. The van der Waals surface area contributed by atoms with Gasteiger partial charge in [0, 0.05) is 54.3 Å². The lowest BCUT2D eigenvalue weighted by atomic mass is 10.1. The predicted octanol–water partition coefficient (Wildman–Crippen LogP) is 4.57. The fourth-order valence-electron chi connectivity index (χ4n) is 3.13. The van der Waals surface area contributed by atoms with Gasteiger partial charge in [0.2, 0.25) is 0 Å². The Labute approximate surface area is 188 Å². The quantitative estimate of drug-likeness (QED) is 0.502. The molecule has 0 bridgehead atoms. The summed E-state index contributed by atoms with van der Waals surface area (Å²) in [7, 11) is 0. The third kappa shape index (κ3) is 5.57. The standard InChI is InChI=1S/C23H20N6O.C2H6/c1-15-9-17(11-28-22(15)18-5-6-25-16(2)10-18)12-29-23(30)20-4-3-19(13-27-20)21-14-24-7-8-26-21;1-2/h3-11,13-14H,12H2,1-2H3,(H,29,30);1-2H3. The minimum Gasteiger partial charge on any atom is -0.347 e. The van der Waals surface area contributed by atoms with Crippen LogP contribution in [0.25, 0.3) is 22.5 Å². The van der Waals surface area contributed by atoms with Crippen molar-refractivity contribution in [2.24, 2.45) is 0 Å². The average molecular weight is 427 g/mol. The van der Waals surface area contributed by atoms with Crippen LogP contribution in [0.15, 0.2) is 67.5 Å². The zero-order chi connectivity index (χ0) is 22.9. The molecule has 0 aliphatic carbocycles. The van der Waals surface area contributed by atoms with Crippen LogP contribution in [0.4, 0.5) is 0 Å². The summed E-state index contributed by atoms with van der Waals surface area (Å²) >= 11 is 0. The molecule has 32 heavy (non-hydrogen) atoms. The summed E-state index contributed by atoms with van der Waals surface area (Å²) in [5, 5.41) is 2.89. The van der Waals surface area contributed by atoms with Gasteiger partial charge in [-0.1, -0.05) is 19.9 Å². The largest absolute Gasteiger partial charge is 0.347 e. The minimum absolute atomic E-state index is 0.243. The van der Waals surface area contributed by atoms with Gasteiger partial charge in [-0.3, -0.25) is 29.7 Å². The molecule has 4 heterocycles. The van der Waals surface area contributed by atoms with E-state index in [1.165, 1.54) is 0 Å². The second-order valence-electron chi connectivity index (χ2n) is 6.90. The normalized spacial score (nSPS) is 10.1. The Morgan fingerprint density at radius 3 is 2.34 bits per heavy atom. The summed E-state index contributed by atoms with van der Waals surface area (Å²) < 4.78 is 0. The third-order valence-corrected chi connectivity index (χ3v) is 4.61. The average Bonchev–Trinajstić information content (AvgIpc) is 2.84. The van der Waals surface area contributed by atoms with Crippen molar-refractivity contribution in [3.05, 3.63) is 90.0 Å². The molecule has 0 radical (unpaired) electrons. The molecule has 162 valence electrons. The Hall–Kier alpha value is -4.00. The molecule has 0 saturated heterocycles. The van der Waals surface area contributed by atoms with E-state index in [1.54, 1.807) is 43.2 Å². The van der Waals surface area contributed by atoms with Crippen molar-refractivity contribution in [2.45, 2.75) is 34.2 Å². The SMILES string of the molecule is CC.Cc1cc(-c2ncc(CNC(=O)c3ccc(-c4cnccn4)cn3)cc2C)ccn1. The van der Waals surface area contributed by atoms with Crippen LogP contribution in [0.2, 0.25) is 0 Å². The molecular formula is C25H26N6O. The third-order valence-electron chi connectivity index (χ3n) is 4.61. The van der Waals surface area contributed by atoms with E-state index in [0.29, 0.717) is 17.9 Å². The van der Waals surface area contributed by atoms with Crippen molar-refractivity contribution in [2.75, 3.05) is 0 Å². The highest BCUT2D eigenvalue weighted by Crippen LogP contribution is 2.22. The van der Waals surface area contributed by atoms with Crippen molar-refractivity contribution in [1.29, 1.82) is 0 Å². The number of amides is 1. The van der Waals surface area contributed by atoms with Gasteiger partial charge < -0.3 is 5.32 Å². The van der Waals surface area contributed by atoms with Crippen LogP contribution in [-0.2, 0) is 6.54 Å². The summed E-state index contributed by atoms with van der Waals surface area (Å²) in [4.78, 5) is 33.8. The Bertz CT molecular complexity index is 1180. The number of hydrogen-bond acceptors (Lipinski definition) is 6. The van der Waals surface area contributed by atoms with Crippen LogP contribution in [0, 0.1) is 13.8 Å². The maximum atomic E-state index is 12.4. The summed E-state index contributed by atoms with van der Waals surface area (Å²) in [5.74, 6) is -0.243. The molecule has 0 aromatic carbocycles. The first-order valence-electron chi connectivity index (χ1n) is 10.5. The molecule has 4 rings (SSSR count). The number of carbonyl (C=O) groups excluding carboxylic acids is 1. The van der Waals surface area contributed by atoms with Gasteiger partial charge in [-0.15, -0.1) is 0 Å². The van der Waals surface area contributed by atoms with E-state index < -0.39 is 0 Å². The number of pyridine rings is 3. The molecule has 0 unspecified atom stereocenters. The number of carbonyl (C=O) groups is 1. The second kappa shape index (κ2) is 10.9. The predicted molar refractivity (Wildman–Crippen MR) is 125 cm³/mol. The van der Waals surface area contributed by atoms with Gasteiger partial charge in [0.25, 0.3) is 5.91 Å². The number of aromatic nitrogens is 5. The first kappa shape index (κ1) is 22.7. The molecule has 1 N–H and O–H groups in total. The van der Waals surface area contributed by atoms with Gasteiger partial charge in [0.1, 0.15) is 5.69 Å².